The van der Waals surface area contributed by atoms with Gasteiger partial charge in [0.2, 0.25) is 0 Å². The molecule has 0 aliphatic carbocycles. The molecule has 0 atom stereocenters. The summed E-state index contributed by atoms with van der Waals surface area (Å²) in [6, 6.07) is 2.61. The van der Waals surface area contributed by atoms with E-state index in [2.05, 4.69) is 20.9 Å². The van der Waals surface area contributed by atoms with E-state index in [1.165, 1.54) is 13.1 Å². The Morgan fingerprint density at radius 2 is 2.29 bits per heavy atom. The number of aromatic nitrogens is 1. The van der Waals surface area contributed by atoms with Crippen molar-refractivity contribution in [2.24, 2.45) is 5.73 Å². The van der Waals surface area contributed by atoms with E-state index in [-0.39, 0.29) is 5.84 Å². The molecule has 1 rings (SSSR count). The second kappa shape index (κ2) is 4.19. The maximum Gasteiger partial charge on any atom is 0.326 e. The van der Waals surface area contributed by atoms with Gasteiger partial charge in [0.05, 0.1) is 0 Å². The summed E-state index contributed by atoms with van der Waals surface area (Å²) in [6.45, 7) is 1.47. The quantitative estimate of drug-likeness (QED) is 0.593. The number of urea groups is 1. The fourth-order valence-corrected chi connectivity index (χ4v) is 1.18. The molecule has 74 valence electrons. The van der Waals surface area contributed by atoms with Crippen LogP contribution in [0.5, 0.6) is 0 Å². The van der Waals surface area contributed by atoms with Crippen LogP contribution in [0.1, 0.15) is 6.92 Å². The monoisotopic (exact) mass is 256 g/mol. The first kappa shape index (κ1) is 10.6. The fraction of sp³-hybridized carbons (Fsp3) is 0.125. The molecule has 1 aromatic heterocycles. The highest BCUT2D eigenvalue weighted by Gasteiger charge is 2.15. The van der Waals surface area contributed by atoms with Crippen molar-refractivity contribution < 1.29 is 4.79 Å². The SMILES string of the molecule is CC(=N)N(C(N)=O)c1ccc(Br)cn1. The van der Waals surface area contributed by atoms with Crippen molar-refractivity contribution in [1.82, 2.24) is 4.98 Å². The van der Waals surface area contributed by atoms with Crippen molar-refractivity contribution in [3.8, 4) is 0 Å². The van der Waals surface area contributed by atoms with Gasteiger partial charge in [-0.15, -0.1) is 0 Å². The minimum Gasteiger partial charge on any atom is -0.351 e. The lowest BCUT2D eigenvalue weighted by atomic mass is 10.4. The minimum absolute atomic E-state index is 0.0346. The van der Waals surface area contributed by atoms with Gasteiger partial charge in [-0.2, -0.15) is 0 Å². The average molecular weight is 257 g/mol. The summed E-state index contributed by atoms with van der Waals surface area (Å²) >= 11 is 3.22. The highest BCUT2D eigenvalue weighted by atomic mass is 79.9. The van der Waals surface area contributed by atoms with Crippen molar-refractivity contribution >= 4 is 33.6 Å². The van der Waals surface area contributed by atoms with Gasteiger partial charge in [-0.1, -0.05) is 0 Å². The Morgan fingerprint density at radius 1 is 1.64 bits per heavy atom. The number of hydrogen-bond acceptors (Lipinski definition) is 3. The largest absolute Gasteiger partial charge is 0.351 e. The first-order valence-corrected chi connectivity index (χ1v) is 4.58. The molecule has 5 nitrogen and oxygen atoms in total. The molecule has 3 N–H and O–H groups in total. The van der Waals surface area contributed by atoms with Gasteiger partial charge < -0.3 is 5.73 Å². The number of nitrogens with two attached hydrogens (primary N) is 1. The van der Waals surface area contributed by atoms with Crippen LogP contribution in [0.2, 0.25) is 0 Å². The zero-order valence-corrected chi connectivity index (χ0v) is 9.08. The molecule has 1 aromatic rings. The molecule has 2 amide bonds. The lowest BCUT2D eigenvalue weighted by Gasteiger charge is -2.16. The van der Waals surface area contributed by atoms with Crippen molar-refractivity contribution in [3.05, 3.63) is 22.8 Å². The molecule has 0 spiro atoms. The summed E-state index contributed by atoms with van der Waals surface area (Å²) in [4.78, 5) is 16.0. The highest BCUT2D eigenvalue weighted by molar-refractivity contribution is 9.10. The standard InChI is InChI=1S/C8H9BrN4O/c1-5(10)13(8(11)14)7-3-2-6(9)4-12-7/h2-4,10H,1H3,(H2,11,14). The van der Waals surface area contributed by atoms with Crippen LogP contribution in [0, 0.1) is 5.41 Å². The van der Waals surface area contributed by atoms with Crippen LogP contribution in [0.4, 0.5) is 10.6 Å². The first-order valence-electron chi connectivity index (χ1n) is 3.78. The van der Waals surface area contributed by atoms with Gasteiger partial charge in [0.25, 0.3) is 0 Å². The third-order valence-electron chi connectivity index (χ3n) is 1.50. The molecule has 0 saturated carbocycles. The van der Waals surface area contributed by atoms with Crippen molar-refractivity contribution in [3.63, 3.8) is 0 Å². The van der Waals surface area contributed by atoms with Gasteiger partial charge in [0.1, 0.15) is 11.7 Å². The van der Waals surface area contributed by atoms with Gasteiger partial charge in [0, 0.05) is 10.7 Å². The minimum atomic E-state index is -0.715. The zero-order valence-electron chi connectivity index (χ0n) is 7.49. The van der Waals surface area contributed by atoms with Crippen LogP contribution in [0.15, 0.2) is 22.8 Å². The van der Waals surface area contributed by atoms with Crippen LogP contribution >= 0.6 is 15.9 Å². The lowest BCUT2D eigenvalue weighted by molar-refractivity contribution is 0.256. The van der Waals surface area contributed by atoms with E-state index >= 15 is 0 Å². The number of carbonyl (C=O) groups excluding carboxylic acids is 1. The summed E-state index contributed by atoms with van der Waals surface area (Å²) in [7, 11) is 0. The Bertz CT molecular complexity index is 348. The molecule has 0 aliphatic heterocycles. The number of primary amides is 1. The molecule has 0 radical (unpaired) electrons. The number of amides is 2. The van der Waals surface area contributed by atoms with Gasteiger partial charge in [-0.05, 0) is 35.0 Å². The number of anilines is 1. The normalized spacial score (nSPS) is 9.57. The van der Waals surface area contributed by atoms with Gasteiger partial charge in [0.15, 0.2) is 0 Å². The number of nitrogens with one attached hydrogen (secondary N) is 1. The maximum absolute atomic E-state index is 11.0. The predicted octanol–water partition coefficient (Wildman–Crippen LogP) is 1.73. The molecule has 0 aromatic carbocycles. The second-order valence-electron chi connectivity index (χ2n) is 2.59. The van der Waals surface area contributed by atoms with Crippen molar-refractivity contribution in [1.29, 1.82) is 5.41 Å². The summed E-state index contributed by atoms with van der Waals surface area (Å²) in [6.07, 6.45) is 1.54. The Kier molecular flexibility index (Phi) is 3.19. The maximum atomic E-state index is 11.0. The molecule has 1 heterocycles. The van der Waals surface area contributed by atoms with E-state index in [9.17, 15) is 4.79 Å². The van der Waals surface area contributed by atoms with Gasteiger partial charge >= 0.3 is 6.03 Å². The van der Waals surface area contributed by atoms with Crippen molar-refractivity contribution in [2.45, 2.75) is 6.92 Å². The van der Waals surface area contributed by atoms with E-state index in [0.717, 1.165) is 9.37 Å². The topological polar surface area (TPSA) is 83.1 Å². The van der Waals surface area contributed by atoms with Crippen LogP contribution in [-0.4, -0.2) is 16.9 Å². The molecule has 0 aliphatic rings. The second-order valence-corrected chi connectivity index (χ2v) is 3.51. The van der Waals surface area contributed by atoms with Gasteiger partial charge in [-0.3, -0.25) is 5.41 Å². The number of pyridine rings is 1. The predicted molar refractivity (Wildman–Crippen MR) is 57.4 cm³/mol. The van der Waals surface area contributed by atoms with E-state index in [0.29, 0.717) is 5.82 Å². The number of rotatable bonds is 1. The number of nitrogens with zero attached hydrogens (tertiary/aromatic N) is 2. The smallest absolute Gasteiger partial charge is 0.326 e. The number of hydrogen-bond donors (Lipinski definition) is 2. The fourth-order valence-electron chi connectivity index (χ4n) is 0.950. The number of carbonyl (C=O) groups is 1. The Hall–Kier alpha value is -1.43. The lowest BCUT2D eigenvalue weighted by Crippen LogP contribution is -2.39. The summed E-state index contributed by atoms with van der Waals surface area (Å²) in [5.41, 5.74) is 5.10. The molecular formula is C8H9BrN4O. The van der Waals surface area contributed by atoms with E-state index in [1.807, 2.05) is 0 Å². The Labute approximate surface area is 89.6 Å². The first-order chi connectivity index (χ1) is 6.52. The zero-order chi connectivity index (χ0) is 10.7. The van der Waals surface area contributed by atoms with Crippen LogP contribution in [0.3, 0.4) is 0 Å². The molecule has 0 bridgehead atoms. The third kappa shape index (κ3) is 2.29. The summed E-state index contributed by atoms with van der Waals surface area (Å²) in [5.74, 6) is 0.375. The third-order valence-corrected chi connectivity index (χ3v) is 1.97. The van der Waals surface area contributed by atoms with E-state index < -0.39 is 6.03 Å². The Balaban J connectivity index is 3.06. The molecule has 0 fully saturated rings. The summed E-state index contributed by atoms with van der Waals surface area (Å²) < 4.78 is 0.799. The molecule has 0 saturated heterocycles. The number of halogens is 1. The van der Waals surface area contributed by atoms with Crippen LogP contribution < -0.4 is 10.6 Å². The highest BCUT2D eigenvalue weighted by Crippen LogP contribution is 2.14. The van der Waals surface area contributed by atoms with E-state index in [4.69, 9.17) is 11.1 Å². The van der Waals surface area contributed by atoms with E-state index in [1.54, 1.807) is 12.1 Å². The number of amidine groups is 1. The molecular weight excluding hydrogens is 248 g/mol. The van der Waals surface area contributed by atoms with Gasteiger partial charge in [-0.25, -0.2) is 14.7 Å². The molecule has 14 heavy (non-hydrogen) atoms. The molecule has 0 unspecified atom stereocenters. The average Bonchev–Trinajstić information content (AvgIpc) is 2.07. The van der Waals surface area contributed by atoms with Crippen molar-refractivity contribution in [2.75, 3.05) is 4.90 Å². The van der Waals surface area contributed by atoms with Crippen LogP contribution in [0.25, 0.3) is 0 Å². The Morgan fingerprint density at radius 3 is 2.64 bits per heavy atom. The van der Waals surface area contributed by atoms with Crippen LogP contribution in [-0.2, 0) is 0 Å². The molecule has 6 heteroatoms. The summed E-state index contributed by atoms with van der Waals surface area (Å²) in [5, 5.41) is 7.35.